The lowest BCUT2D eigenvalue weighted by atomic mass is 10.3. The van der Waals surface area contributed by atoms with Crippen LogP contribution in [0.25, 0.3) is 0 Å². The van der Waals surface area contributed by atoms with E-state index >= 15 is 0 Å². The van der Waals surface area contributed by atoms with Crippen molar-refractivity contribution >= 4 is 17.6 Å². The van der Waals surface area contributed by atoms with Crippen molar-refractivity contribution in [3.05, 3.63) is 24.3 Å². The number of rotatable bonds is 4. The summed E-state index contributed by atoms with van der Waals surface area (Å²) in [6.45, 7) is -0.268. The number of esters is 1. The van der Waals surface area contributed by atoms with Crippen LogP contribution in [0.4, 0.5) is 5.69 Å². The van der Waals surface area contributed by atoms with Crippen molar-refractivity contribution in [1.29, 1.82) is 0 Å². The van der Waals surface area contributed by atoms with Crippen LogP contribution in [0.2, 0.25) is 0 Å². The Labute approximate surface area is 98.4 Å². The Bertz CT molecular complexity index is 423. The third kappa shape index (κ3) is 3.48. The van der Waals surface area contributed by atoms with E-state index in [1.807, 2.05) is 0 Å². The van der Waals surface area contributed by atoms with Crippen LogP contribution >= 0.6 is 0 Å². The Kier molecular flexibility index (Phi) is 3.27. The van der Waals surface area contributed by atoms with Gasteiger partial charge >= 0.3 is 5.97 Å². The predicted molar refractivity (Wildman–Crippen MR) is 60.4 cm³/mol. The highest BCUT2D eigenvalue weighted by Crippen LogP contribution is 2.29. The summed E-state index contributed by atoms with van der Waals surface area (Å²) in [7, 11) is 0. The molecule has 17 heavy (non-hydrogen) atoms. The maximum atomic E-state index is 11.4. The van der Waals surface area contributed by atoms with Crippen LogP contribution < -0.4 is 5.32 Å². The maximum Gasteiger partial charge on any atom is 0.309 e. The smallest absolute Gasteiger partial charge is 0.309 e. The molecule has 0 unspecified atom stereocenters. The first-order chi connectivity index (χ1) is 8.15. The Balaban J connectivity index is 1.76. The van der Waals surface area contributed by atoms with Gasteiger partial charge in [0.1, 0.15) is 5.75 Å². The number of aromatic hydroxyl groups is 1. The van der Waals surface area contributed by atoms with E-state index < -0.39 is 0 Å². The average molecular weight is 235 g/mol. The summed E-state index contributed by atoms with van der Waals surface area (Å²) in [6.07, 6.45) is 1.72. The van der Waals surface area contributed by atoms with Crippen LogP contribution in [0, 0.1) is 5.92 Å². The topological polar surface area (TPSA) is 75.6 Å². The number of carbonyl (C=O) groups is 2. The fourth-order valence-corrected chi connectivity index (χ4v) is 1.32. The summed E-state index contributed by atoms with van der Waals surface area (Å²) in [5.41, 5.74) is 0.551. The number of benzene rings is 1. The molecule has 0 atom stereocenters. The third-order valence-electron chi connectivity index (χ3n) is 2.41. The van der Waals surface area contributed by atoms with E-state index in [1.54, 1.807) is 12.1 Å². The van der Waals surface area contributed by atoms with Gasteiger partial charge in [0.15, 0.2) is 6.61 Å². The quantitative estimate of drug-likeness (QED) is 0.609. The lowest BCUT2D eigenvalue weighted by Gasteiger charge is -2.06. The first kappa shape index (κ1) is 11.4. The minimum absolute atomic E-state index is 0.00327. The van der Waals surface area contributed by atoms with Crippen LogP contribution in [0.5, 0.6) is 5.75 Å². The lowest BCUT2D eigenvalue weighted by Crippen LogP contribution is -2.21. The van der Waals surface area contributed by atoms with Gasteiger partial charge in [-0.3, -0.25) is 9.59 Å². The molecule has 0 spiro atoms. The average Bonchev–Trinajstić information content (AvgIpc) is 3.13. The number of amides is 1. The van der Waals surface area contributed by atoms with E-state index in [1.165, 1.54) is 12.1 Å². The minimum Gasteiger partial charge on any atom is -0.508 e. The molecule has 1 aromatic rings. The molecule has 0 aromatic heterocycles. The second kappa shape index (κ2) is 4.86. The molecule has 2 rings (SSSR count). The van der Waals surface area contributed by atoms with Crippen LogP contribution in [0.1, 0.15) is 12.8 Å². The molecule has 1 aliphatic carbocycles. The van der Waals surface area contributed by atoms with Gasteiger partial charge in [0.2, 0.25) is 0 Å². The number of nitrogens with one attached hydrogen (secondary N) is 1. The van der Waals surface area contributed by atoms with Crippen molar-refractivity contribution in [2.45, 2.75) is 12.8 Å². The fourth-order valence-electron chi connectivity index (χ4n) is 1.32. The Morgan fingerprint density at radius 2 is 1.94 bits per heavy atom. The monoisotopic (exact) mass is 235 g/mol. The van der Waals surface area contributed by atoms with Crippen molar-refractivity contribution in [1.82, 2.24) is 0 Å². The van der Waals surface area contributed by atoms with Crippen molar-refractivity contribution < 1.29 is 19.4 Å². The fraction of sp³-hybridized carbons (Fsp3) is 0.333. The van der Waals surface area contributed by atoms with E-state index in [9.17, 15) is 9.59 Å². The minimum atomic E-state index is -0.385. The molecule has 1 aliphatic rings. The molecule has 0 bridgehead atoms. The molecule has 1 amide bonds. The maximum absolute atomic E-state index is 11.4. The molecule has 0 radical (unpaired) electrons. The summed E-state index contributed by atoms with van der Waals surface area (Å²) in [6, 6.07) is 6.06. The highest BCUT2D eigenvalue weighted by molar-refractivity contribution is 5.93. The molecular weight excluding hydrogens is 222 g/mol. The normalized spacial score (nSPS) is 14.1. The Morgan fingerprint density at radius 3 is 2.53 bits per heavy atom. The van der Waals surface area contributed by atoms with Gasteiger partial charge in [-0.15, -0.1) is 0 Å². The molecule has 5 nitrogen and oxygen atoms in total. The van der Waals surface area contributed by atoms with Gasteiger partial charge in [0, 0.05) is 5.69 Å². The first-order valence-electron chi connectivity index (χ1n) is 5.40. The van der Waals surface area contributed by atoms with Gasteiger partial charge in [0.25, 0.3) is 5.91 Å². The standard InChI is InChI=1S/C12H13NO4/c14-10-5-3-9(4-6-10)13-11(15)7-17-12(16)8-1-2-8/h3-6,8,14H,1-2,7H2,(H,13,15). The number of ether oxygens (including phenoxy) is 1. The number of phenolic OH excluding ortho intramolecular Hbond substituents is 1. The van der Waals surface area contributed by atoms with E-state index in [-0.39, 0.29) is 30.2 Å². The Hall–Kier alpha value is -2.04. The number of phenols is 1. The van der Waals surface area contributed by atoms with Crippen LogP contribution in [0.15, 0.2) is 24.3 Å². The van der Waals surface area contributed by atoms with Gasteiger partial charge < -0.3 is 15.2 Å². The second-order valence-electron chi connectivity index (χ2n) is 3.98. The summed E-state index contributed by atoms with van der Waals surface area (Å²) in [4.78, 5) is 22.6. The number of anilines is 1. The van der Waals surface area contributed by atoms with Crippen LogP contribution in [-0.4, -0.2) is 23.6 Å². The van der Waals surface area contributed by atoms with E-state index in [0.29, 0.717) is 5.69 Å². The lowest BCUT2D eigenvalue weighted by molar-refractivity contribution is -0.148. The molecule has 2 N–H and O–H groups in total. The van der Waals surface area contributed by atoms with Gasteiger partial charge in [-0.1, -0.05) is 0 Å². The molecule has 5 heteroatoms. The Morgan fingerprint density at radius 1 is 1.29 bits per heavy atom. The molecule has 90 valence electrons. The zero-order valence-electron chi connectivity index (χ0n) is 9.18. The molecule has 0 aliphatic heterocycles. The molecule has 1 fully saturated rings. The van der Waals surface area contributed by atoms with Gasteiger partial charge in [0.05, 0.1) is 5.92 Å². The zero-order valence-corrected chi connectivity index (χ0v) is 9.18. The van der Waals surface area contributed by atoms with Crippen molar-refractivity contribution in [3.8, 4) is 5.75 Å². The summed E-state index contributed by atoms with van der Waals surface area (Å²) >= 11 is 0. The highest BCUT2D eigenvalue weighted by Gasteiger charge is 2.31. The number of hydrogen-bond donors (Lipinski definition) is 2. The summed E-state index contributed by atoms with van der Waals surface area (Å²) < 4.78 is 4.82. The predicted octanol–water partition coefficient (Wildman–Crippen LogP) is 1.28. The first-order valence-corrected chi connectivity index (χ1v) is 5.40. The molecular formula is C12H13NO4. The second-order valence-corrected chi connectivity index (χ2v) is 3.98. The van der Waals surface area contributed by atoms with Gasteiger partial charge in [-0.05, 0) is 37.1 Å². The van der Waals surface area contributed by atoms with Crippen molar-refractivity contribution in [3.63, 3.8) is 0 Å². The van der Waals surface area contributed by atoms with E-state index in [4.69, 9.17) is 9.84 Å². The number of hydrogen-bond acceptors (Lipinski definition) is 4. The molecule has 1 aromatic carbocycles. The number of carbonyl (C=O) groups excluding carboxylic acids is 2. The molecule has 1 saturated carbocycles. The molecule has 0 saturated heterocycles. The van der Waals surface area contributed by atoms with E-state index in [0.717, 1.165) is 12.8 Å². The third-order valence-corrected chi connectivity index (χ3v) is 2.41. The van der Waals surface area contributed by atoms with Crippen molar-refractivity contribution in [2.75, 3.05) is 11.9 Å². The molecule has 0 heterocycles. The van der Waals surface area contributed by atoms with Gasteiger partial charge in [-0.2, -0.15) is 0 Å². The SMILES string of the molecule is O=C(COC(=O)C1CC1)Nc1ccc(O)cc1. The van der Waals surface area contributed by atoms with Crippen LogP contribution in [-0.2, 0) is 14.3 Å². The van der Waals surface area contributed by atoms with Crippen molar-refractivity contribution in [2.24, 2.45) is 5.92 Å². The summed E-state index contributed by atoms with van der Waals surface area (Å²) in [5.74, 6) is -0.560. The highest BCUT2D eigenvalue weighted by atomic mass is 16.5. The van der Waals surface area contributed by atoms with Gasteiger partial charge in [-0.25, -0.2) is 0 Å². The van der Waals surface area contributed by atoms with E-state index in [2.05, 4.69) is 5.32 Å². The zero-order chi connectivity index (χ0) is 12.3. The van der Waals surface area contributed by atoms with Crippen LogP contribution in [0.3, 0.4) is 0 Å². The largest absolute Gasteiger partial charge is 0.508 e. The summed E-state index contributed by atoms with van der Waals surface area (Å²) in [5, 5.41) is 11.6.